The molecule has 0 atom stereocenters. The molecule has 0 unspecified atom stereocenters. The Bertz CT molecular complexity index is 958. The zero-order valence-electron chi connectivity index (χ0n) is 15.5. The minimum atomic E-state index is 0.575. The van der Waals surface area contributed by atoms with Crippen LogP contribution in [0.4, 0.5) is 0 Å². The Morgan fingerprint density at radius 2 is 2.07 bits per heavy atom. The van der Waals surface area contributed by atoms with Gasteiger partial charge >= 0.3 is 0 Å². The number of rotatable bonds is 3. The van der Waals surface area contributed by atoms with E-state index in [4.69, 9.17) is 9.97 Å². The molecule has 1 fully saturated rings. The highest BCUT2D eigenvalue weighted by atomic mass is 79.9. The average Bonchev–Trinajstić information content (AvgIpc) is 3.10. The molecule has 1 aliphatic heterocycles. The molecule has 3 aromatic rings. The second kappa shape index (κ2) is 7.36. The summed E-state index contributed by atoms with van der Waals surface area (Å²) in [5.41, 5.74) is 5.15. The van der Waals surface area contributed by atoms with Gasteiger partial charge in [0.15, 0.2) is 0 Å². The van der Waals surface area contributed by atoms with Crippen molar-refractivity contribution in [2.45, 2.75) is 57.5 Å². The first-order valence-electron chi connectivity index (χ1n) is 10.1. The number of fused-ring (bicyclic) bond motifs is 2. The van der Waals surface area contributed by atoms with Crippen molar-refractivity contribution in [3.8, 4) is 0 Å². The zero-order chi connectivity index (χ0) is 18.2. The zero-order valence-corrected chi connectivity index (χ0v) is 17.1. The van der Waals surface area contributed by atoms with Crippen LogP contribution in [0.25, 0.3) is 10.9 Å². The lowest BCUT2D eigenvalue weighted by Gasteiger charge is -2.29. The van der Waals surface area contributed by atoms with E-state index in [9.17, 15) is 0 Å². The summed E-state index contributed by atoms with van der Waals surface area (Å²) >= 11 is 3.55. The van der Waals surface area contributed by atoms with Crippen LogP contribution in [0.3, 0.4) is 0 Å². The van der Waals surface area contributed by atoms with Crippen molar-refractivity contribution in [3.05, 3.63) is 57.7 Å². The molecule has 1 aliphatic carbocycles. The maximum absolute atomic E-state index is 5.02. The summed E-state index contributed by atoms with van der Waals surface area (Å²) in [6.45, 7) is 2.97. The molecule has 0 saturated heterocycles. The van der Waals surface area contributed by atoms with Gasteiger partial charge in [0.25, 0.3) is 0 Å². The van der Waals surface area contributed by atoms with Gasteiger partial charge in [-0.1, -0.05) is 41.3 Å². The Morgan fingerprint density at radius 1 is 1.19 bits per heavy atom. The van der Waals surface area contributed by atoms with Crippen LogP contribution in [0.2, 0.25) is 0 Å². The molecule has 1 saturated carbocycles. The maximum Gasteiger partial charge on any atom is 0.131 e. The van der Waals surface area contributed by atoms with E-state index in [1.165, 1.54) is 59.8 Å². The van der Waals surface area contributed by atoms with Gasteiger partial charge in [0, 0.05) is 53.3 Å². The van der Waals surface area contributed by atoms with Crippen molar-refractivity contribution >= 4 is 26.8 Å². The number of aromatic nitrogens is 3. The number of hydrogen-bond acceptors (Lipinski definition) is 3. The molecular weight excluding hydrogens is 400 g/mol. The Morgan fingerprint density at radius 3 is 2.96 bits per heavy atom. The number of hydrogen-bond donors (Lipinski definition) is 1. The minimum absolute atomic E-state index is 0.575. The number of nitrogens with zero attached hydrogens (tertiary/aromatic N) is 3. The van der Waals surface area contributed by atoms with E-state index in [0.717, 1.165) is 36.4 Å². The van der Waals surface area contributed by atoms with Crippen LogP contribution in [0, 0.1) is 0 Å². The molecule has 140 valence electrons. The number of H-pyrrole nitrogens is 1. The topological polar surface area (TPSA) is 44.8 Å². The van der Waals surface area contributed by atoms with Crippen LogP contribution in [0.1, 0.15) is 60.7 Å². The van der Waals surface area contributed by atoms with E-state index in [0.29, 0.717) is 5.92 Å². The smallest absolute Gasteiger partial charge is 0.131 e. The summed E-state index contributed by atoms with van der Waals surface area (Å²) in [5.74, 6) is 1.67. The summed E-state index contributed by atoms with van der Waals surface area (Å²) in [6.07, 6.45) is 11.8. The van der Waals surface area contributed by atoms with Crippen molar-refractivity contribution in [1.82, 2.24) is 19.9 Å². The minimum Gasteiger partial charge on any atom is -0.361 e. The molecule has 1 N–H and O–H groups in total. The lowest BCUT2D eigenvalue weighted by atomic mass is 9.88. The molecule has 0 amide bonds. The predicted molar refractivity (Wildman–Crippen MR) is 112 cm³/mol. The van der Waals surface area contributed by atoms with Gasteiger partial charge in [0.1, 0.15) is 5.82 Å². The van der Waals surface area contributed by atoms with Crippen LogP contribution in [0.5, 0.6) is 0 Å². The fourth-order valence-corrected chi connectivity index (χ4v) is 4.96. The van der Waals surface area contributed by atoms with Crippen molar-refractivity contribution in [2.75, 3.05) is 6.54 Å². The Labute approximate surface area is 168 Å². The quantitative estimate of drug-likeness (QED) is 0.617. The predicted octanol–water partition coefficient (Wildman–Crippen LogP) is 5.33. The van der Waals surface area contributed by atoms with Crippen molar-refractivity contribution in [3.63, 3.8) is 0 Å². The summed E-state index contributed by atoms with van der Waals surface area (Å²) in [5, 5.41) is 1.31. The summed E-state index contributed by atoms with van der Waals surface area (Å²) < 4.78 is 1.11. The fourth-order valence-electron chi connectivity index (χ4n) is 4.60. The van der Waals surface area contributed by atoms with Crippen LogP contribution >= 0.6 is 15.9 Å². The SMILES string of the molecule is Brc1ccc2c(CN3CCc4cnc(C5CCCCC5)nc4C3)c[nH]c2c1. The molecule has 5 heteroatoms. The summed E-state index contributed by atoms with van der Waals surface area (Å²) in [4.78, 5) is 15.7. The average molecular weight is 425 g/mol. The standard InChI is InChI=1S/C22H25BrN4/c23-18-6-7-19-17(12-24-20(19)10-18)13-27-9-8-16-11-25-22(26-21(16)14-27)15-4-2-1-3-5-15/h6-7,10-12,15,24H,1-5,8-9,13-14H2. The van der Waals surface area contributed by atoms with Crippen LogP contribution < -0.4 is 0 Å². The monoisotopic (exact) mass is 424 g/mol. The van der Waals surface area contributed by atoms with Crippen LogP contribution in [-0.2, 0) is 19.5 Å². The molecule has 1 aromatic carbocycles. The third-order valence-electron chi connectivity index (χ3n) is 6.14. The molecule has 2 aromatic heterocycles. The normalized spacial score (nSPS) is 18.7. The van der Waals surface area contributed by atoms with Gasteiger partial charge < -0.3 is 4.98 Å². The molecule has 0 radical (unpaired) electrons. The van der Waals surface area contributed by atoms with Crippen LogP contribution in [-0.4, -0.2) is 26.4 Å². The highest BCUT2D eigenvalue weighted by Crippen LogP contribution is 2.32. The molecule has 3 heterocycles. The number of benzene rings is 1. The van der Waals surface area contributed by atoms with Crippen LogP contribution in [0.15, 0.2) is 35.1 Å². The lowest BCUT2D eigenvalue weighted by molar-refractivity contribution is 0.241. The highest BCUT2D eigenvalue weighted by molar-refractivity contribution is 9.10. The third kappa shape index (κ3) is 3.55. The van der Waals surface area contributed by atoms with E-state index >= 15 is 0 Å². The lowest BCUT2D eigenvalue weighted by Crippen LogP contribution is -2.31. The molecule has 5 rings (SSSR count). The first kappa shape index (κ1) is 17.4. The van der Waals surface area contributed by atoms with Gasteiger partial charge in [-0.3, -0.25) is 4.90 Å². The third-order valence-corrected chi connectivity index (χ3v) is 6.63. The van der Waals surface area contributed by atoms with Crippen molar-refractivity contribution in [2.24, 2.45) is 0 Å². The van der Waals surface area contributed by atoms with Crippen molar-refractivity contribution in [1.29, 1.82) is 0 Å². The number of nitrogens with one attached hydrogen (secondary N) is 1. The molecule has 2 aliphatic rings. The largest absolute Gasteiger partial charge is 0.361 e. The van der Waals surface area contributed by atoms with Gasteiger partial charge in [0.05, 0.1) is 5.69 Å². The molecule has 4 nitrogen and oxygen atoms in total. The van der Waals surface area contributed by atoms with Gasteiger partial charge in [-0.2, -0.15) is 0 Å². The van der Waals surface area contributed by atoms with Gasteiger partial charge in [-0.05, 0) is 42.5 Å². The molecule has 0 spiro atoms. The summed E-state index contributed by atoms with van der Waals surface area (Å²) in [6, 6.07) is 6.47. The van der Waals surface area contributed by atoms with Crippen molar-refractivity contribution < 1.29 is 0 Å². The van der Waals surface area contributed by atoms with E-state index in [2.05, 4.69) is 56.4 Å². The Balaban J connectivity index is 1.35. The first-order chi connectivity index (χ1) is 13.3. The summed E-state index contributed by atoms with van der Waals surface area (Å²) in [7, 11) is 0. The van der Waals surface area contributed by atoms with Gasteiger partial charge in [-0.15, -0.1) is 0 Å². The van der Waals surface area contributed by atoms with E-state index in [-0.39, 0.29) is 0 Å². The maximum atomic E-state index is 5.02. The Hall–Kier alpha value is -1.72. The molecule has 27 heavy (non-hydrogen) atoms. The van der Waals surface area contributed by atoms with E-state index in [1.54, 1.807) is 0 Å². The molecular formula is C22H25BrN4. The number of halogens is 1. The van der Waals surface area contributed by atoms with E-state index < -0.39 is 0 Å². The van der Waals surface area contributed by atoms with E-state index in [1.807, 2.05) is 0 Å². The first-order valence-corrected chi connectivity index (χ1v) is 10.9. The second-order valence-corrected chi connectivity index (χ2v) is 8.92. The second-order valence-electron chi connectivity index (χ2n) is 8.00. The molecule has 0 bridgehead atoms. The van der Waals surface area contributed by atoms with Gasteiger partial charge in [-0.25, -0.2) is 9.97 Å². The Kier molecular flexibility index (Phi) is 4.74. The fraction of sp³-hybridized carbons (Fsp3) is 0.455. The highest BCUT2D eigenvalue weighted by Gasteiger charge is 2.23. The van der Waals surface area contributed by atoms with Gasteiger partial charge in [0.2, 0.25) is 0 Å². The number of aromatic amines is 1.